The number of hydrogen-bond acceptors (Lipinski definition) is 5. The highest BCUT2D eigenvalue weighted by atomic mass is 16.5. The number of rotatable bonds is 62. The van der Waals surface area contributed by atoms with E-state index in [1.54, 1.807) is 0 Å². The maximum absolute atomic E-state index is 12.5. The van der Waals surface area contributed by atoms with E-state index < -0.39 is 12.1 Å². The maximum Gasteiger partial charge on any atom is 0.305 e. The molecule has 0 heterocycles. The zero-order valence-electron chi connectivity index (χ0n) is 48.9. The Morgan fingerprint density at radius 3 is 0.986 bits per heavy atom. The topological polar surface area (TPSA) is 95.9 Å². The van der Waals surface area contributed by atoms with Gasteiger partial charge in [-0.3, -0.25) is 9.59 Å². The van der Waals surface area contributed by atoms with Gasteiger partial charge in [0.1, 0.15) is 0 Å². The van der Waals surface area contributed by atoms with Gasteiger partial charge in [-0.05, 0) is 51.4 Å². The molecule has 0 radical (unpaired) electrons. The molecule has 0 aromatic heterocycles. The molecule has 2 unspecified atom stereocenters. The van der Waals surface area contributed by atoms with E-state index in [4.69, 9.17) is 4.74 Å². The first-order valence-corrected chi connectivity index (χ1v) is 32.9. The standard InChI is InChI=1S/C66H129NO5/c1-3-5-7-9-11-13-15-17-19-21-23-24-26-30-34-38-42-46-50-54-58-64(69)63(62-68)67-65(70)59-55-51-47-43-39-35-31-27-25-29-33-37-41-45-49-53-57-61-72-66(71)60-56-52-48-44-40-36-32-28-22-20-18-16-14-12-10-8-6-4-2/h20,22,63-64,68-69H,3-19,21,23-62H2,1-2H3,(H,67,70)/b22-20-. The predicted molar refractivity (Wildman–Crippen MR) is 315 cm³/mol. The first kappa shape index (κ1) is 70.6. The molecule has 0 rings (SSSR count). The van der Waals surface area contributed by atoms with Gasteiger partial charge in [0.25, 0.3) is 0 Å². The molecule has 428 valence electrons. The molecule has 6 heteroatoms. The van der Waals surface area contributed by atoms with Gasteiger partial charge in [0.2, 0.25) is 5.91 Å². The first-order chi connectivity index (χ1) is 35.5. The Bertz CT molecular complexity index is 1080. The fourth-order valence-electron chi connectivity index (χ4n) is 10.5. The van der Waals surface area contributed by atoms with Crippen LogP contribution in [0.25, 0.3) is 0 Å². The molecule has 0 aliphatic heterocycles. The fourth-order valence-corrected chi connectivity index (χ4v) is 10.5. The zero-order valence-corrected chi connectivity index (χ0v) is 48.9. The Kier molecular flexibility index (Phi) is 60.9. The molecule has 0 bridgehead atoms. The molecule has 0 fully saturated rings. The quantitative estimate of drug-likeness (QED) is 0.0320. The second-order valence-corrected chi connectivity index (χ2v) is 22.8. The van der Waals surface area contributed by atoms with Crippen LogP contribution in [-0.4, -0.2) is 47.4 Å². The van der Waals surface area contributed by atoms with Crippen LogP contribution in [0.5, 0.6) is 0 Å². The summed E-state index contributed by atoms with van der Waals surface area (Å²) in [6, 6.07) is -0.546. The van der Waals surface area contributed by atoms with Crippen molar-refractivity contribution in [1.82, 2.24) is 5.32 Å². The lowest BCUT2D eigenvalue weighted by Crippen LogP contribution is -2.45. The molecule has 0 saturated heterocycles. The molecule has 6 nitrogen and oxygen atoms in total. The Hall–Kier alpha value is -1.40. The van der Waals surface area contributed by atoms with Crippen LogP contribution in [0.4, 0.5) is 0 Å². The number of hydrogen-bond donors (Lipinski definition) is 3. The monoisotopic (exact) mass is 1020 g/mol. The normalized spacial score (nSPS) is 12.6. The van der Waals surface area contributed by atoms with Gasteiger partial charge in [-0.1, -0.05) is 321 Å². The minimum atomic E-state index is -0.668. The number of unbranched alkanes of at least 4 members (excludes halogenated alkanes) is 49. The average molecular weight is 1020 g/mol. The summed E-state index contributed by atoms with van der Waals surface area (Å²) in [5.41, 5.74) is 0. The van der Waals surface area contributed by atoms with Crippen LogP contribution in [0.3, 0.4) is 0 Å². The molecule has 72 heavy (non-hydrogen) atoms. The van der Waals surface area contributed by atoms with Gasteiger partial charge in [-0.25, -0.2) is 0 Å². The van der Waals surface area contributed by atoms with Crippen LogP contribution < -0.4 is 5.32 Å². The van der Waals surface area contributed by atoms with Gasteiger partial charge >= 0.3 is 5.97 Å². The maximum atomic E-state index is 12.5. The smallest absolute Gasteiger partial charge is 0.305 e. The van der Waals surface area contributed by atoms with Gasteiger partial charge in [-0.15, -0.1) is 0 Å². The van der Waals surface area contributed by atoms with Crippen LogP contribution in [0.2, 0.25) is 0 Å². The summed E-state index contributed by atoms with van der Waals surface area (Å²) in [4.78, 5) is 24.6. The van der Waals surface area contributed by atoms with Crippen LogP contribution in [0.15, 0.2) is 12.2 Å². The number of carbonyl (C=O) groups excluding carboxylic acids is 2. The van der Waals surface area contributed by atoms with Gasteiger partial charge in [0.05, 0.1) is 25.4 Å². The van der Waals surface area contributed by atoms with Crippen molar-refractivity contribution in [2.24, 2.45) is 0 Å². The summed E-state index contributed by atoms with van der Waals surface area (Å²) in [6.45, 7) is 4.98. The number of aliphatic hydroxyl groups excluding tert-OH is 2. The van der Waals surface area contributed by atoms with E-state index in [2.05, 4.69) is 31.3 Å². The van der Waals surface area contributed by atoms with Crippen molar-refractivity contribution in [3.63, 3.8) is 0 Å². The molecule has 2 atom stereocenters. The second kappa shape index (κ2) is 62.1. The van der Waals surface area contributed by atoms with E-state index in [-0.39, 0.29) is 18.5 Å². The predicted octanol–water partition coefficient (Wildman–Crippen LogP) is 20.8. The summed E-state index contributed by atoms with van der Waals surface area (Å²) in [7, 11) is 0. The number of allylic oxidation sites excluding steroid dienone is 2. The summed E-state index contributed by atoms with van der Waals surface area (Å²) in [6.07, 6.45) is 75.1. The Morgan fingerprint density at radius 1 is 0.375 bits per heavy atom. The van der Waals surface area contributed by atoms with Crippen molar-refractivity contribution in [3.05, 3.63) is 12.2 Å². The molecule has 0 saturated carbocycles. The third kappa shape index (κ3) is 57.9. The van der Waals surface area contributed by atoms with Crippen LogP contribution in [0.1, 0.15) is 373 Å². The highest BCUT2D eigenvalue weighted by molar-refractivity contribution is 5.76. The molecular weight excluding hydrogens is 887 g/mol. The van der Waals surface area contributed by atoms with E-state index >= 15 is 0 Å². The Labute approximate surface area is 450 Å². The highest BCUT2D eigenvalue weighted by Crippen LogP contribution is 2.19. The molecule has 0 aromatic rings. The number of aliphatic hydroxyl groups is 2. The molecule has 0 aliphatic carbocycles. The van der Waals surface area contributed by atoms with Gasteiger partial charge < -0.3 is 20.3 Å². The molecule has 3 N–H and O–H groups in total. The van der Waals surface area contributed by atoms with Crippen LogP contribution in [-0.2, 0) is 14.3 Å². The first-order valence-electron chi connectivity index (χ1n) is 32.9. The number of esters is 1. The highest BCUT2D eigenvalue weighted by Gasteiger charge is 2.20. The summed E-state index contributed by atoms with van der Waals surface area (Å²) < 4.78 is 5.50. The largest absolute Gasteiger partial charge is 0.466 e. The third-order valence-corrected chi connectivity index (χ3v) is 15.6. The number of carbonyl (C=O) groups is 2. The average Bonchev–Trinajstić information content (AvgIpc) is 3.38. The van der Waals surface area contributed by atoms with E-state index in [1.807, 2.05) is 0 Å². The lowest BCUT2D eigenvalue weighted by molar-refractivity contribution is -0.143. The fraction of sp³-hybridized carbons (Fsp3) is 0.939. The minimum Gasteiger partial charge on any atom is -0.466 e. The van der Waals surface area contributed by atoms with Crippen LogP contribution >= 0.6 is 0 Å². The zero-order chi connectivity index (χ0) is 52.2. The number of nitrogens with one attached hydrogen (secondary N) is 1. The lowest BCUT2D eigenvalue weighted by atomic mass is 10.0. The van der Waals surface area contributed by atoms with E-state index in [0.29, 0.717) is 25.9 Å². The molecule has 1 amide bonds. The second-order valence-electron chi connectivity index (χ2n) is 22.8. The van der Waals surface area contributed by atoms with E-state index in [0.717, 1.165) is 44.9 Å². The molecule has 0 aromatic carbocycles. The van der Waals surface area contributed by atoms with E-state index in [1.165, 1.54) is 295 Å². The molecule has 0 aliphatic rings. The Balaban J connectivity index is 3.40. The van der Waals surface area contributed by atoms with Crippen molar-refractivity contribution in [2.45, 2.75) is 386 Å². The van der Waals surface area contributed by atoms with Crippen molar-refractivity contribution in [1.29, 1.82) is 0 Å². The summed E-state index contributed by atoms with van der Waals surface area (Å²) >= 11 is 0. The Morgan fingerprint density at radius 2 is 0.653 bits per heavy atom. The molecule has 0 spiro atoms. The minimum absolute atomic E-state index is 0.00377. The van der Waals surface area contributed by atoms with Gasteiger partial charge in [-0.2, -0.15) is 0 Å². The van der Waals surface area contributed by atoms with Crippen molar-refractivity contribution in [2.75, 3.05) is 13.2 Å². The van der Waals surface area contributed by atoms with Crippen molar-refractivity contribution >= 4 is 11.9 Å². The van der Waals surface area contributed by atoms with Crippen molar-refractivity contribution < 1.29 is 24.5 Å². The molecular formula is C66H129NO5. The summed E-state index contributed by atoms with van der Waals surface area (Å²) in [5, 5.41) is 23.4. The SMILES string of the molecule is CCCCCCCCC/C=C\CCCCCCCCCC(=O)OCCCCCCCCCCCCCCCCCCCC(=O)NC(CO)C(O)CCCCCCCCCCCCCCCCCCCCCC. The summed E-state index contributed by atoms with van der Waals surface area (Å²) in [5.74, 6) is -0.0324. The van der Waals surface area contributed by atoms with Crippen LogP contribution in [0, 0.1) is 0 Å². The van der Waals surface area contributed by atoms with Gasteiger partial charge in [0.15, 0.2) is 0 Å². The number of amides is 1. The van der Waals surface area contributed by atoms with Gasteiger partial charge in [0, 0.05) is 12.8 Å². The van der Waals surface area contributed by atoms with E-state index in [9.17, 15) is 19.8 Å². The number of ether oxygens (including phenoxy) is 1. The lowest BCUT2D eigenvalue weighted by Gasteiger charge is -2.22. The third-order valence-electron chi connectivity index (χ3n) is 15.6. The van der Waals surface area contributed by atoms with Crippen molar-refractivity contribution in [3.8, 4) is 0 Å².